The number of pyridine rings is 1. The number of anilines is 1. The van der Waals surface area contributed by atoms with Crippen molar-refractivity contribution in [1.82, 2.24) is 4.98 Å². The molecule has 2 rings (SSSR count). The molecule has 16 heavy (non-hydrogen) atoms. The molecule has 0 aromatic carbocycles. The number of hydrogen-bond acceptors (Lipinski definition) is 3. The summed E-state index contributed by atoms with van der Waals surface area (Å²) in [5, 5.41) is 12.2. The lowest BCUT2D eigenvalue weighted by Crippen LogP contribution is -2.21. The van der Waals surface area contributed by atoms with Crippen LogP contribution >= 0.6 is 11.6 Å². The Labute approximate surface area is 98.6 Å². The number of nitrogens with one attached hydrogen (secondary N) is 1. The molecule has 0 saturated heterocycles. The van der Waals surface area contributed by atoms with E-state index in [4.69, 9.17) is 16.7 Å². The van der Waals surface area contributed by atoms with Gasteiger partial charge in [-0.25, -0.2) is 9.78 Å². The maximum Gasteiger partial charge on any atom is 0.337 e. The van der Waals surface area contributed by atoms with Crippen LogP contribution in [-0.2, 0) is 0 Å². The highest BCUT2D eigenvalue weighted by Crippen LogP contribution is 2.28. The first-order valence-corrected chi connectivity index (χ1v) is 5.68. The molecule has 1 aliphatic carbocycles. The van der Waals surface area contributed by atoms with Crippen LogP contribution in [0.5, 0.6) is 0 Å². The van der Waals surface area contributed by atoms with Crippen LogP contribution in [0.2, 0.25) is 5.02 Å². The molecule has 0 unspecified atom stereocenters. The van der Waals surface area contributed by atoms with E-state index in [1.807, 2.05) is 0 Å². The van der Waals surface area contributed by atoms with Crippen molar-refractivity contribution >= 4 is 23.4 Å². The van der Waals surface area contributed by atoms with Gasteiger partial charge in [0.15, 0.2) is 0 Å². The minimum atomic E-state index is -1.03. The highest BCUT2D eigenvalue weighted by Gasteiger charge is 2.18. The van der Waals surface area contributed by atoms with Gasteiger partial charge in [0.05, 0.1) is 10.6 Å². The number of carboxylic acids is 1. The molecule has 1 aromatic rings. The van der Waals surface area contributed by atoms with Crippen molar-refractivity contribution < 1.29 is 9.90 Å². The lowest BCUT2D eigenvalue weighted by atomic mass is 9.85. The van der Waals surface area contributed by atoms with Gasteiger partial charge in [0.1, 0.15) is 5.82 Å². The van der Waals surface area contributed by atoms with Crippen LogP contribution < -0.4 is 5.32 Å². The summed E-state index contributed by atoms with van der Waals surface area (Å²) in [5.74, 6) is 0.110. The predicted molar refractivity (Wildman–Crippen MR) is 62.0 cm³/mol. The Balaban J connectivity index is 2.07. The first-order chi connectivity index (χ1) is 7.68. The molecule has 1 saturated carbocycles. The summed E-state index contributed by atoms with van der Waals surface area (Å²) >= 11 is 5.94. The SMILES string of the molecule is O=C(O)c1ccnc(NCC2CCC2)c1Cl. The Morgan fingerprint density at radius 2 is 2.38 bits per heavy atom. The maximum atomic E-state index is 10.8. The molecule has 0 bridgehead atoms. The van der Waals surface area contributed by atoms with E-state index in [1.54, 1.807) is 0 Å². The molecule has 1 aliphatic rings. The van der Waals surface area contributed by atoms with Gasteiger partial charge in [-0.3, -0.25) is 0 Å². The van der Waals surface area contributed by atoms with E-state index in [2.05, 4.69) is 10.3 Å². The molecule has 0 amide bonds. The fourth-order valence-electron chi connectivity index (χ4n) is 1.67. The fraction of sp³-hybridized carbons (Fsp3) is 0.455. The van der Waals surface area contributed by atoms with E-state index < -0.39 is 5.97 Å². The van der Waals surface area contributed by atoms with Crippen LogP contribution in [0.4, 0.5) is 5.82 Å². The topological polar surface area (TPSA) is 62.2 Å². The van der Waals surface area contributed by atoms with Gasteiger partial charge in [0.2, 0.25) is 0 Å². The number of aromatic carboxylic acids is 1. The third-order valence-electron chi connectivity index (χ3n) is 2.90. The Morgan fingerprint density at radius 1 is 1.62 bits per heavy atom. The van der Waals surface area contributed by atoms with Crippen LogP contribution in [0.15, 0.2) is 12.3 Å². The zero-order valence-electron chi connectivity index (χ0n) is 8.74. The van der Waals surface area contributed by atoms with Crippen molar-refractivity contribution in [2.24, 2.45) is 5.92 Å². The van der Waals surface area contributed by atoms with Gasteiger partial charge in [-0.1, -0.05) is 18.0 Å². The van der Waals surface area contributed by atoms with Crippen molar-refractivity contribution in [3.8, 4) is 0 Å². The molecular formula is C11H13ClN2O2. The number of nitrogens with zero attached hydrogens (tertiary/aromatic N) is 1. The van der Waals surface area contributed by atoms with Gasteiger partial charge < -0.3 is 10.4 Å². The van der Waals surface area contributed by atoms with Crippen LogP contribution in [0.3, 0.4) is 0 Å². The second-order valence-corrected chi connectivity index (χ2v) is 4.38. The zero-order chi connectivity index (χ0) is 11.5. The zero-order valence-corrected chi connectivity index (χ0v) is 9.50. The molecule has 4 nitrogen and oxygen atoms in total. The van der Waals surface area contributed by atoms with Crippen molar-refractivity contribution in [2.75, 3.05) is 11.9 Å². The van der Waals surface area contributed by atoms with Gasteiger partial charge in [-0.2, -0.15) is 0 Å². The Kier molecular flexibility index (Phi) is 3.29. The van der Waals surface area contributed by atoms with E-state index in [0.29, 0.717) is 11.7 Å². The largest absolute Gasteiger partial charge is 0.478 e. The molecule has 0 aliphatic heterocycles. The van der Waals surface area contributed by atoms with E-state index in [0.717, 1.165) is 6.54 Å². The standard InChI is InChI=1S/C11H13ClN2O2/c12-9-8(11(15)16)4-5-13-10(9)14-6-7-2-1-3-7/h4-5,7H,1-3,6H2,(H,13,14)(H,15,16). The number of hydrogen-bond donors (Lipinski definition) is 2. The maximum absolute atomic E-state index is 10.8. The van der Waals surface area contributed by atoms with Crippen LogP contribution in [0.1, 0.15) is 29.6 Å². The lowest BCUT2D eigenvalue weighted by molar-refractivity contribution is 0.0697. The number of halogens is 1. The third-order valence-corrected chi connectivity index (χ3v) is 3.29. The van der Waals surface area contributed by atoms with Crippen LogP contribution in [0, 0.1) is 5.92 Å². The first kappa shape index (κ1) is 11.2. The molecule has 1 heterocycles. The van der Waals surface area contributed by atoms with Gasteiger partial charge in [-0.15, -0.1) is 0 Å². The van der Waals surface area contributed by atoms with Crippen molar-refractivity contribution in [3.05, 3.63) is 22.8 Å². The highest BCUT2D eigenvalue weighted by atomic mass is 35.5. The van der Waals surface area contributed by atoms with E-state index in [9.17, 15) is 4.79 Å². The number of carbonyl (C=O) groups is 1. The molecule has 2 N–H and O–H groups in total. The summed E-state index contributed by atoms with van der Waals surface area (Å²) in [6, 6.07) is 1.40. The average molecular weight is 241 g/mol. The van der Waals surface area contributed by atoms with E-state index in [1.165, 1.54) is 31.5 Å². The molecule has 5 heteroatoms. The van der Waals surface area contributed by atoms with Crippen LogP contribution in [-0.4, -0.2) is 22.6 Å². The third kappa shape index (κ3) is 2.27. The molecule has 1 aromatic heterocycles. The molecular weight excluding hydrogens is 228 g/mol. The smallest absolute Gasteiger partial charge is 0.337 e. The summed E-state index contributed by atoms with van der Waals surface area (Å²) in [6.45, 7) is 0.815. The van der Waals surface area contributed by atoms with Crippen molar-refractivity contribution in [1.29, 1.82) is 0 Å². The van der Waals surface area contributed by atoms with Crippen LogP contribution in [0.25, 0.3) is 0 Å². The molecule has 0 radical (unpaired) electrons. The Bertz CT molecular complexity index is 405. The first-order valence-electron chi connectivity index (χ1n) is 5.30. The highest BCUT2D eigenvalue weighted by molar-refractivity contribution is 6.35. The Hall–Kier alpha value is -1.29. The van der Waals surface area contributed by atoms with E-state index in [-0.39, 0.29) is 10.6 Å². The van der Waals surface area contributed by atoms with Gasteiger partial charge in [0, 0.05) is 12.7 Å². The monoisotopic (exact) mass is 240 g/mol. The van der Waals surface area contributed by atoms with Gasteiger partial charge >= 0.3 is 5.97 Å². The second-order valence-electron chi connectivity index (χ2n) is 4.00. The van der Waals surface area contributed by atoms with Crippen molar-refractivity contribution in [3.63, 3.8) is 0 Å². The Morgan fingerprint density at radius 3 is 2.94 bits per heavy atom. The number of rotatable bonds is 4. The minimum Gasteiger partial charge on any atom is -0.478 e. The quantitative estimate of drug-likeness (QED) is 0.849. The summed E-state index contributed by atoms with van der Waals surface area (Å²) in [5.41, 5.74) is 0.0905. The summed E-state index contributed by atoms with van der Waals surface area (Å²) in [4.78, 5) is 14.9. The molecule has 1 fully saturated rings. The van der Waals surface area contributed by atoms with E-state index >= 15 is 0 Å². The van der Waals surface area contributed by atoms with Gasteiger partial charge in [-0.05, 0) is 24.8 Å². The summed E-state index contributed by atoms with van der Waals surface area (Å²) in [7, 11) is 0. The molecule has 0 atom stereocenters. The number of aromatic nitrogens is 1. The summed E-state index contributed by atoms with van der Waals surface area (Å²) < 4.78 is 0. The predicted octanol–water partition coefficient (Wildman–Crippen LogP) is 2.65. The second kappa shape index (κ2) is 4.70. The fourth-order valence-corrected chi connectivity index (χ4v) is 1.93. The van der Waals surface area contributed by atoms with Gasteiger partial charge in [0.25, 0.3) is 0 Å². The average Bonchev–Trinajstić information content (AvgIpc) is 2.17. The van der Waals surface area contributed by atoms with Crippen molar-refractivity contribution in [2.45, 2.75) is 19.3 Å². The normalized spacial score (nSPS) is 15.6. The molecule has 86 valence electrons. The lowest BCUT2D eigenvalue weighted by Gasteiger charge is -2.25. The molecule has 0 spiro atoms. The number of carboxylic acid groups (broad SMARTS) is 1. The summed E-state index contributed by atoms with van der Waals surface area (Å²) in [6.07, 6.45) is 5.19. The minimum absolute atomic E-state index is 0.0905.